The Morgan fingerprint density at radius 2 is 2.12 bits per heavy atom. The van der Waals surface area contributed by atoms with Gasteiger partial charge in [0.2, 0.25) is 5.78 Å². The zero-order valence-corrected chi connectivity index (χ0v) is 14.3. The van der Waals surface area contributed by atoms with Gasteiger partial charge in [0.05, 0.1) is 13.7 Å². The third kappa shape index (κ3) is 3.85. The number of carbonyl (C=O) groups excluding carboxylic acids is 1. The minimum atomic E-state index is -0.0659. The maximum absolute atomic E-state index is 12.3. The number of aryl methyl sites for hydroxylation is 1. The lowest BCUT2D eigenvalue weighted by Gasteiger charge is -2.09. The Hall–Kier alpha value is -3.15. The molecule has 6 heteroatoms. The number of allylic oxidation sites excluding steroid dienone is 1. The first-order valence-electron chi connectivity index (χ1n) is 8.10. The van der Waals surface area contributed by atoms with Crippen LogP contribution in [-0.4, -0.2) is 32.5 Å². The van der Waals surface area contributed by atoms with Crippen molar-refractivity contribution < 1.29 is 9.53 Å². The fourth-order valence-corrected chi connectivity index (χ4v) is 2.65. The van der Waals surface area contributed by atoms with Gasteiger partial charge in [-0.3, -0.25) is 14.2 Å². The predicted octanol–water partition coefficient (Wildman–Crippen LogP) is 3.05. The summed E-state index contributed by atoms with van der Waals surface area (Å²) in [5.74, 6) is 0.729. The van der Waals surface area contributed by atoms with Gasteiger partial charge in [0, 0.05) is 30.7 Å². The number of carbonyl (C=O) groups is 1. The minimum absolute atomic E-state index is 0.0659. The van der Waals surface area contributed by atoms with Gasteiger partial charge in [-0.25, -0.2) is 0 Å². The topological polar surface area (TPSA) is 61.9 Å². The lowest BCUT2D eigenvalue weighted by molar-refractivity contribution is 0.103. The van der Waals surface area contributed by atoms with E-state index in [1.54, 1.807) is 42.4 Å². The molecule has 0 N–H and O–H groups in total. The van der Waals surface area contributed by atoms with Crippen LogP contribution in [0.2, 0.25) is 0 Å². The van der Waals surface area contributed by atoms with Crippen LogP contribution in [0.25, 0.3) is 6.08 Å². The molecular weight excluding hydrogens is 316 g/mol. The maximum Gasteiger partial charge on any atom is 0.203 e. The van der Waals surface area contributed by atoms with Crippen LogP contribution in [0.5, 0.6) is 5.75 Å². The Bertz CT molecular complexity index is 879. The molecule has 0 spiro atoms. The SMILES string of the molecule is CCn1nccc1C(=O)/C=C/c1ccc(OC)c(Cn2cccn2)c1. The third-order valence-electron chi connectivity index (χ3n) is 3.89. The van der Waals surface area contributed by atoms with Crippen molar-refractivity contribution >= 4 is 11.9 Å². The number of ether oxygens (including phenoxy) is 1. The van der Waals surface area contributed by atoms with Crippen molar-refractivity contribution in [1.82, 2.24) is 19.6 Å². The fraction of sp³-hybridized carbons (Fsp3) is 0.211. The van der Waals surface area contributed by atoms with Gasteiger partial charge in [0.1, 0.15) is 11.4 Å². The number of ketones is 1. The lowest BCUT2D eigenvalue weighted by atomic mass is 10.1. The molecule has 3 aromatic rings. The first-order valence-corrected chi connectivity index (χ1v) is 8.10. The highest BCUT2D eigenvalue weighted by atomic mass is 16.5. The van der Waals surface area contributed by atoms with Gasteiger partial charge in [-0.15, -0.1) is 0 Å². The highest BCUT2D eigenvalue weighted by molar-refractivity contribution is 6.05. The molecule has 0 aliphatic carbocycles. The van der Waals surface area contributed by atoms with Crippen molar-refractivity contribution in [2.75, 3.05) is 7.11 Å². The summed E-state index contributed by atoms with van der Waals surface area (Å²) in [6.07, 6.45) is 8.66. The summed E-state index contributed by atoms with van der Waals surface area (Å²) in [6, 6.07) is 9.44. The molecule has 0 fully saturated rings. The van der Waals surface area contributed by atoms with Gasteiger partial charge in [-0.05, 0) is 42.8 Å². The number of methoxy groups -OCH3 is 1. The van der Waals surface area contributed by atoms with Crippen LogP contribution in [0, 0.1) is 0 Å². The monoisotopic (exact) mass is 336 g/mol. The van der Waals surface area contributed by atoms with Gasteiger partial charge in [0.25, 0.3) is 0 Å². The van der Waals surface area contributed by atoms with Crippen LogP contribution in [0.1, 0.15) is 28.5 Å². The van der Waals surface area contributed by atoms with Crippen LogP contribution < -0.4 is 4.74 Å². The summed E-state index contributed by atoms with van der Waals surface area (Å²) >= 11 is 0. The average molecular weight is 336 g/mol. The molecule has 0 saturated carbocycles. The number of hydrogen-bond donors (Lipinski definition) is 0. The number of aromatic nitrogens is 4. The van der Waals surface area contributed by atoms with Crippen molar-refractivity contribution in [1.29, 1.82) is 0 Å². The zero-order valence-electron chi connectivity index (χ0n) is 14.3. The van der Waals surface area contributed by atoms with Crippen molar-refractivity contribution in [3.8, 4) is 5.75 Å². The number of hydrogen-bond acceptors (Lipinski definition) is 4. The second-order valence-electron chi connectivity index (χ2n) is 5.50. The van der Waals surface area contributed by atoms with E-state index in [1.165, 1.54) is 0 Å². The quantitative estimate of drug-likeness (QED) is 0.491. The molecule has 0 amide bonds. The van der Waals surface area contributed by atoms with Crippen LogP contribution in [0.4, 0.5) is 0 Å². The molecule has 1 aromatic carbocycles. The van der Waals surface area contributed by atoms with E-state index in [4.69, 9.17) is 4.74 Å². The molecule has 2 heterocycles. The Morgan fingerprint density at radius 1 is 1.24 bits per heavy atom. The van der Waals surface area contributed by atoms with Gasteiger partial charge in [-0.2, -0.15) is 10.2 Å². The summed E-state index contributed by atoms with van der Waals surface area (Å²) in [4.78, 5) is 12.3. The Morgan fingerprint density at radius 3 is 2.84 bits per heavy atom. The maximum atomic E-state index is 12.3. The number of nitrogens with zero attached hydrogens (tertiary/aromatic N) is 4. The Kier molecular flexibility index (Phi) is 5.09. The highest BCUT2D eigenvalue weighted by Crippen LogP contribution is 2.21. The second kappa shape index (κ2) is 7.61. The smallest absolute Gasteiger partial charge is 0.203 e. The third-order valence-corrected chi connectivity index (χ3v) is 3.89. The molecular formula is C19H20N4O2. The van der Waals surface area contributed by atoms with E-state index in [0.717, 1.165) is 16.9 Å². The molecule has 0 atom stereocenters. The van der Waals surface area contributed by atoms with E-state index in [0.29, 0.717) is 18.8 Å². The molecule has 2 aromatic heterocycles. The van der Waals surface area contributed by atoms with E-state index in [9.17, 15) is 4.79 Å². The first-order chi connectivity index (χ1) is 12.2. The van der Waals surface area contributed by atoms with Crippen molar-refractivity contribution in [3.63, 3.8) is 0 Å². The number of rotatable bonds is 7. The van der Waals surface area contributed by atoms with Crippen LogP contribution in [0.15, 0.2) is 55.0 Å². The molecule has 6 nitrogen and oxygen atoms in total. The Labute approximate surface area is 146 Å². The van der Waals surface area contributed by atoms with Gasteiger partial charge in [-0.1, -0.05) is 12.1 Å². The molecule has 0 radical (unpaired) electrons. The molecule has 25 heavy (non-hydrogen) atoms. The lowest BCUT2D eigenvalue weighted by Crippen LogP contribution is -2.07. The minimum Gasteiger partial charge on any atom is -0.496 e. The predicted molar refractivity (Wildman–Crippen MR) is 95.6 cm³/mol. The van der Waals surface area contributed by atoms with Crippen molar-refractivity contribution in [3.05, 3.63) is 71.8 Å². The summed E-state index contributed by atoms with van der Waals surface area (Å²) in [5.41, 5.74) is 2.52. The number of benzene rings is 1. The normalized spacial score (nSPS) is 11.1. The van der Waals surface area contributed by atoms with Crippen LogP contribution in [-0.2, 0) is 13.1 Å². The van der Waals surface area contributed by atoms with E-state index < -0.39 is 0 Å². The standard InChI is InChI=1S/C19H20N4O2/c1-3-23-17(9-11-21-23)18(24)7-5-15-6-8-19(25-2)16(13-15)14-22-12-4-10-20-22/h4-13H,3,14H2,1-2H3/b7-5+. The van der Waals surface area contributed by atoms with E-state index >= 15 is 0 Å². The van der Waals surface area contributed by atoms with E-state index in [-0.39, 0.29) is 5.78 Å². The van der Waals surface area contributed by atoms with Gasteiger partial charge < -0.3 is 4.74 Å². The van der Waals surface area contributed by atoms with E-state index in [2.05, 4.69) is 10.2 Å². The molecule has 0 aliphatic rings. The summed E-state index contributed by atoms with van der Waals surface area (Å²) in [6.45, 7) is 3.23. The summed E-state index contributed by atoms with van der Waals surface area (Å²) < 4.78 is 8.93. The summed E-state index contributed by atoms with van der Waals surface area (Å²) in [5, 5.41) is 8.35. The summed E-state index contributed by atoms with van der Waals surface area (Å²) in [7, 11) is 1.65. The molecule has 128 valence electrons. The van der Waals surface area contributed by atoms with Gasteiger partial charge >= 0.3 is 0 Å². The van der Waals surface area contributed by atoms with Crippen LogP contribution >= 0.6 is 0 Å². The zero-order chi connectivity index (χ0) is 17.6. The van der Waals surface area contributed by atoms with Crippen molar-refractivity contribution in [2.24, 2.45) is 0 Å². The fourth-order valence-electron chi connectivity index (χ4n) is 2.65. The van der Waals surface area contributed by atoms with Crippen LogP contribution in [0.3, 0.4) is 0 Å². The highest BCUT2D eigenvalue weighted by Gasteiger charge is 2.08. The molecule has 0 aliphatic heterocycles. The molecule has 0 bridgehead atoms. The second-order valence-corrected chi connectivity index (χ2v) is 5.50. The Balaban J connectivity index is 1.81. The van der Waals surface area contributed by atoms with Crippen molar-refractivity contribution in [2.45, 2.75) is 20.0 Å². The molecule has 0 unspecified atom stereocenters. The molecule has 3 rings (SSSR count). The largest absolute Gasteiger partial charge is 0.496 e. The van der Waals surface area contributed by atoms with E-state index in [1.807, 2.05) is 42.1 Å². The average Bonchev–Trinajstić information content (AvgIpc) is 3.31. The molecule has 0 saturated heterocycles. The van der Waals surface area contributed by atoms with Gasteiger partial charge in [0.15, 0.2) is 0 Å². The first kappa shape index (κ1) is 16.7.